The van der Waals surface area contributed by atoms with E-state index in [1.165, 1.54) is 0 Å². The summed E-state index contributed by atoms with van der Waals surface area (Å²) in [6, 6.07) is 9.46. The summed E-state index contributed by atoms with van der Waals surface area (Å²) in [7, 11) is 0. The minimum Gasteiger partial charge on any atom is -0.445 e. The topological polar surface area (TPSA) is 93.9 Å². The third-order valence-corrected chi connectivity index (χ3v) is 2.94. The van der Waals surface area contributed by atoms with Crippen molar-refractivity contribution in [2.75, 3.05) is 13.1 Å². The maximum absolute atomic E-state index is 11.6. The molecule has 0 bridgehead atoms. The Bertz CT molecular complexity index is 514. The Morgan fingerprint density at radius 1 is 1.17 bits per heavy atom. The molecule has 1 aromatic carbocycles. The summed E-state index contributed by atoms with van der Waals surface area (Å²) >= 11 is 0. The SMILES string of the molecule is CC(C)(C)OC(=O)N(N)CCCCNC(=O)OCc1ccccc1. The Morgan fingerprint density at radius 2 is 1.83 bits per heavy atom. The predicted octanol–water partition coefficient (Wildman–Crippen LogP) is 2.80. The summed E-state index contributed by atoms with van der Waals surface area (Å²) in [5.74, 6) is 5.63. The third-order valence-electron chi connectivity index (χ3n) is 2.94. The number of hydrogen-bond donors (Lipinski definition) is 2. The van der Waals surface area contributed by atoms with Crippen LogP contribution in [-0.4, -0.2) is 35.9 Å². The van der Waals surface area contributed by atoms with Gasteiger partial charge in [-0.3, -0.25) is 0 Å². The Hall–Kier alpha value is -2.28. The molecule has 7 heteroatoms. The molecule has 0 saturated carbocycles. The van der Waals surface area contributed by atoms with Gasteiger partial charge in [-0.1, -0.05) is 30.3 Å². The van der Waals surface area contributed by atoms with Crippen molar-refractivity contribution >= 4 is 12.2 Å². The number of amides is 2. The number of alkyl carbamates (subject to hydrolysis) is 1. The van der Waals surface area contributed by atoms with Crippen LogP contribution in [0.4, 0.5) is 9.59 Å². The smallest absolute Gasteiger partial charge is 0.424 e. The largest absolute Gasteiger partial charge is 0.445 e. The van der Waals surface area contributed by atoms with Crippen molar-refractivity contribution < 1.29 is 19.1 Å². The number of hydrogen-bond acceptors (Lipinski definition) is 5. The van der Waals surface area contributed by atoms with Gasteiger partial charge in [-0.05, 0) is 39.2 Å². The molecular formula is C17H27N3O4. The number of ether oxygens (including phenoxy) is 2. The number of carbonyl (C=O) groups excluding carboxylic acids is 2. The molecular weight excluding hydrogens is 310 g/mol. The minimum atomic E-state index is -0.571. The molecule has 0 aliphatic carbocycles. The van der Waals surface area contributed by atoms with Crippen LogP contribution in [0.3, 0.4) is 0 Å². The molecule has 0 atom stereocenters. The molecule has 0 aliphatic heterocycles. The zero-order valence-corrected chi connectivity index (χ0v) is 14.6. The first kappa shape index (κ1) is 19.8. The summed E-state index contributed by atoms with van der Waals surface area (Å²) in [4.78, 5) is 23.2. The van der Waals surface area contributed by atoms with Gasteiger partial charge >= 0.3 is 12.2 Å². The highest BCUT2D eigenvalue weighted by atomic mass is 16.6. The number of rotatable bonds is 7. The molecule has 3 N–H and O–H groups in total. The van der Waals surface area contributed by atoms with Crippen LogP contribution in [-0.2, 0) is 16.1 Å². The molecule has 0 radical (unpaired) electrons. The number of benzene rings is 1. The fourth-order valence-electron chi connectivity index (χ4n) is 1.78. The Kier molecular flexibility index (Phi) is 8.05. The highest BCUT2D eigenvalue weighted by molar-refractivity contribution is 5.67. The van der Waals surface area contributed by atoms with Crippen LogP contribution in [0.5, 0.6) is 0 Å². The van der Waals surface area contributed by atoms with Crippen molar-refractivity contribution in [3.63, 3.8) is 0 Å². The maximum Gasteiger partial charge on any atom is 0.424 e. The molecule has 2 amide bonds. The first-order valence-electron chi connectivity index (χ1n) is 7.98. The van der Waals surface area contributed by atoms with Crippen molar-refractivity contribution in [2.24, 2.45) is 5.84 Å². The first-order chi connectivity index (χ1) is 11.3. The second kappa shape index (κ2) is 9.77. The Balaban J connectivity index is 2.09. The van der Waals surface area contributed by atoms with Crippen LogP contribution in [0.25, 0.3) is 0 Å². The maximum atomic E-state index is 11.6. The number of nitrogens with zero attached hydrogens (tertiary/aromatic N) is 1. The number of unbranched alkanes of at least 4 members (excludes halogenated alkanes) is 1. The van der Waals surface area contributed by atoms with E-state index in [0.29, 0.717) is 25.9 Å². The fourth-order valence-corrected chi connectivity index (χ4v) is 1.78. The molecule has 24 heavy (non-hydrogen) atoms. The Morgan fingerprint density at radius 3 is 2.46 bits per heavy atom. The molecule has 0 fully saturated rings. The standard InChI is InChI=1S/C17H27N3O4/c1-17(2,3)24-16(22)20(18)12-8-7-11-19-15(21)23-13-14-9-5-4-6-10-14/h4-6,9-10H,7-8,11-13,18H2,1-3H3,(H,19,21). The number of nitrogens with one attached hydrogen (secondary N) is 1. The van der Waals surface area contributed by atoms with Crippen LogP contribution >= 0.6 is 0 Å². The Labute approximate surface area is 143 Å². The van der Waals surface area contributed by atoms with Gasteiger partial charge in [0.05, 0.1) is 0 Å². The number of nitrogens with two attached hydrogens (primary N) is 1. The van der Waals surface area contributed by atoms with Crippen molar-refractivity contribution in [2.45, 2.75) is 45.8 Å². The van der Waals surface area contributed by atoms with Crippen molar-refractivity contribution in [1.29, 1.82) is 0 Å². The normalized spacial score (nSPS) is 10.8. The summed E-state index contributed by atoms with van der Waals surface area (Å²) in [5, 5.41) is 3.70. The van der Waals surface area contributed by atoms with Gasteiger partial charge in [-0.2, -0.15) is 0 Å². The minimum absolute atomic E-state index is 0.238. The van der Waals surface area contributed by atoms with E-state index in [4.69, 9.17) is 15.3 Å². The highest BCUT2D eigenvalue weighted by Crippen LogP contribution is 2.08. The lowest BCUT2D eigenvalue weighted by Crippen LogP contribution is -2.42. The van der Waals surface area contributed by atoms with E-state index in [-0.39, 0.29) is 6.61 Å². The molecule has 0 heterocycles. The number of hydrazine groups is 1. The fraction of sp³-hybridized carbons (Fsp3) is 0.529. The van der Waals surface area contributed by atoms with Gasteiger partial charge in [-0.15, -0.1) is 0 Å². The molecule has 134 valence electrons. The van der Waals surface area contributed by atoms with Gasteiger partial charge in [0, 0.05) is 13.1 Å². The molecule has 0 saturated heterocycles. The molecule has 1 aromatic rings. The molecule has 0 aromatic heterocycles. The van der Waals surface area contributed by atoms with Gasteiger partial charge < -0.3 is 14.8 Å². The zero-order chi connectivity index (χ0) is 18.0. The van der Waals surface area contributed by atoms with E-state index >= 15 is 0 Å². The molecule has 0 unspecified atom stereocenters. The summed E-state index contributed by atoms with van der Waals surface area (Å²) in [6.45, 7) is 6.39. The second-order valence-electron chi connectivity index (χ2n) is 6.37. The van der Waals surface area contributed by atoms with E-state index in [2.05, 4.69) is 5.32 Å². The lowest BCUT2D eigenvalue weighted by molar-refractivity contribution is 0.0244. The van der Waals surface area contributed by atoms with Crippen molar-refractivity contribution in [1.82, 2.24) is 10.3 Å². The van der Waals surface area contributed by atoms with Gasteiger partial charge in [0.25, 0.3) is 0 Å². The summed E-state index contributed by atoms with van der Waals surface area (Å²) in [5.41, 5.74) is 0.363. The monoisotopic (exact) mass is 337 g/mol. The molecule has 1 rings (SSSR count). The lowest BCUT2D eigenvalue weighted by Gasteiger charge is -2.24. The average molecular weight is 337 g/mol. The van der Waals surface area contributed by atoms with E-state index in [0.717, 1.165) is 10.6 Å². The van der Waals surface area contributed by atoms with Crippen LogP contribution in [0.15, 0.2) is 30.3 Å². The average Bonchev–Trinajstić information content (AvgIpc) is 2.51. The van der Waals surface area contributed by atoms with Crippen LogP contribution < -0.4 is 11.2 Å². The van der Waals surface area contributed by atoms with Crippen molar-refractivity contribution in [3.05, 3.63) is 35.9 Å². The lowest BCUT2D eigenvalue weighted by atomic mass is 10.2. The predicted molar refractivity (Wildman–Crippen MR) is 91.0 cm³/mol. The number of carbonyl (C=O) groups is 2. The van der Waals surface area contributed by atoms with Gasteiger partial charge in [-0.25, -0.2) is 20.4 Å². The van der Waals surface area contributed by atoms with Crippen molar-refractivity contribution in [3.8, 4) is 0 Å². The second-order valence-corrected chi connectivity index (χ2v) is 6.37. The van der Waals surface area contributed by atoms with Gasteiger partial charge in [0.15, 0.2) is 0 Å². The van der Waals surface area contributed by atoms with Crippen LogP contribution in [0, 0.1) is 0 Å². The third kappa shape index (κ3) is 8.99. The summed E-state index contributed by atoms with van der Waals surface area (Å²) in [6.07, 6.45) is 0.305. The van der Waals surface area contributed by atoms with Gasteiger partial charge in [0.2, 0.25) is 0 Å². The summed E-state index contributed by atoms with van der Waals surface area (Å²) < 4.78 is 10.2. The van der Waals surface area contributed by atoms with E-state index < -0.39 is 17.8 Å². The first-order valence-corrected chi connectivity index (χ1v) is 7.98. The quantitative estimate of drug-likeness (QED) is 0.345. The van der Waals surface area contributed by atoms with E-state index in [1.807, 2.05) is 30.3 Å². The van der Waals surface area contributed by atoms with Gasteiger partial charge in [0.1, 0.15) is 12.2 Å². The molecule has 0 spiro atoms. The zero-order valence-electron chi connectivity index (χ0n) is 14.6. The van der Waals surface area contributed by atoms with Crippen LogP contribution in [0.1, 0.15) is 39.2 Å². The molecule has 0 aliphatic rings. The van der Waals surface area contributed by atoms with Crippen LogP contribution in [0.2, 0.25) is 0 Å². The van der Waals surface area contributed by atoms with E-state index in [9.17, 15) is 9.59 Å². The molecule has 7 nitrogen and oxygen atoms in total. The van der Waals surface area contributed by atoms with E-state index in [1.54, 1.807) is 20.8 Å². The highest BCUT2D eigenvalue weighted by Gasteiger charge is 2.19.